The van der Waals surface area contributed by atoms with Gasteiger partial charge >= 0.3 is 6.09 Å². The summed E-state index contributed by atoms with van der Waals surface area (Å²) >= 11 is 0. The summed E-state index contributed by atoms with van der Waals surface area (Å²) in [5.74, 6) is 0.638. The van der Waals surface area contributed by atoms with Gasteiger partial charge < -0.3 is 9.47 Å². The van der Waals surface area contributed by atoms with Gasteiger partial charge in [0.05, 0.1) is 17.7 Å². The molecule has 2 fully saturated rings. The largest absolute Gasteiger partial charge is 0.497 e. The zero-order valence-electron chi connectivity index (χ0n) is 22.3. The number of nitrogens with zero attached hydrogens (tertiary/aromatic N) is 2. The second kappa shape index (κ2) is 8.60. The number of hydrogen-bond donors (Lipinski definition) is 0. The van der Waals surface area contributed by atoms with Gasteiger partial charge in [-0.1, -0.05) is 23.8 Å². The lowest BCUT2D eigenvalue weighted by Crippen LogP contribution is -2.69. The number of fused-ring (bicyclic) bond motifs is 1. The molecule has 1 aliphatic carbocycles. The normalized spacial score (nSPS) is 27.3. The molecule has 2 aliphatic heterocycles. The Hall–Kier alpha value is -2.84. The van der Waals surface area contributed by atoms with Gasteiger partial charge in [0.1, 0.15) is 17.0 Å². The number of amides is 1. The summed E-state index contributed by atoms with van der Waals surface area (Å²) in [4.78, 5) is 15.9. The molecular weight excluding hydrogens is 488 g/mol. The van der Waals surface area contributed by atoms with E-state index in [9.17, 15) is 13.2 Å². The fraction of sp³-hybridized carbons (Fsp3) is 0.483. The minimum Gasteiger partial charge on any atom is -0.497 e. The first-order valence-electron chi connectivity index (χ1n) is 12.9. The molecule has 37 heavy (non-hydrogen) atoms. The van der Waals surface area contributed by atoms with E-state index in [0.717, 1.165) is 24.0 Å². The van der Waals surface area contributed by atoms with Gasteiger partial charge in [0.25, 0.3) is 0 Å². The van der Waals surface area contributed by atoms with Crippen LogP contribution in [0.2, 0.25) is 0 Å². The minimum atomic E-state index is -3.95. The summed E-state index contributed by atoms with van der Waals surface area (Å²) in [6.07, 6.45) is 4.08. The molecule has 3 aliphatic rings. The number of rotatable bonds is 4. The molecule has 5 rings (SSSR count). The minimum absolute atomic E-state index is 0.0299. The van der Waals surface area contributed by atoms with Crippen LogP contribution in [0.4, 0.5) is 10.5 Å². The van der Waals surface area contributed by atoms with Crippen LogP contribution >= 0.6 is 0 Å². The predicted molar refractivity (Wildman–Crippen MR) is 143 cm³/mol. The highest BCUT2D eigenvalue weighted by Crippen LogP contribution is 2.68. The van der Waals surface area contributed by atoms with Crippen molar-refractivity contribution in [2.45, 2.75) is 75.0 Å². The van der Waals surface area contributed by atoms with Crippen LogP contribution in [0.15, 0.2) is 60.0 Å². The van der Waals surface area contributed by atoms with Crippen molar-refractivity contribution in [3.05, 3.63) is 66.2 Å². The molecule has 2 heterocycles. The maximum Gasteiger partial charge on any atom is 0.416 e. The van der Waals surface area contributed by atoms with Crippen LogP contribution in [-0.4, -0.2) is 43.7 Å². The fourth-order valence-corrected chi connectivity index (χ4v) is 8.73. The van der Waals surface area contributed by atoms with Crippen molar-refractivity contribution in [3.8, 4) is 5.75 Å². The molecule has 0 N–H and O–H groups in total. The lowest BCUT2D eigenvalue weighted by molar-refractivity contribution is 0.0313. The lowest BCUT2D eigenvalue weighted by Gasteiger charge is -2.54. The predicted octanol–water partition coefficient (Wildman–Crippen LogP) is 5.77. The summed E-state index contributed by atoms with van der Waals surface area (Å²) in [6, 6.07) is 12.6. The Morgan fingerprint density at radius 1 is 1.14 bits per heavy atom. The molecule has 1 saturated carbocycles. The number of anilines is 1. The number of allylic oxidation sites excluding steroid dienone is 1. The highest BCUT2D eigenvalue weighted by atomic mass is 32.2. The van der Waals surface area contributed by atoms with Crippen molar-refractivity contribution in [1.82, 2.24) is 4.31 Å². The van der Waals surface area contributed by atoms with E-state index in [-0.39, 0.29) is 17.4 Å². The molecule has 7 nitrogen and oxygen atoms in total. The van der Waals surface area contributed by atoms with Gasteiger partial charge in [-0.2, -0.15) is 4.31 Å². The third-order valence-corrected chi connectivity index (χ3v) is 10.2. The summed E-state index contributed by atoms with van der Waals surface area (Å²) in [5, 5.41) is 0. The van der Waals surface area contributed by atoms with Crippen LogP contribution < -0.4 is 9.64 Å². The van der Waals surface area contributed by atoms with Crippen molar-refractivity contribution in [1.29, 1.82) is 0 Å². The van der Waals surface area contributed by atoms with Gasteiger partial charge in [0, 0.05) is 12.0 Å². The monoisotopic (exact) mass is 524 g/mol. The second-order valence-corrected chi connectivity index (χ2v) is 13.2. The van der Waals surface area contributed by atoms with Crippen LogP contribution in [0.1, 0.15) is 57.6 Å². The number of sulfonamides is 1. The molecule has 1 saturated heterocycles. The average Bonchev–Trinajstić information content (AvgIpc) is 3.32. The van der Waals surface area contributed by atoms with Crippen LogP contribution in [-0.2, 0) is 20.2 Å². The van der Waals surface area contributed by atoms with Gasteiger partial charge in [-0.15, -0.1) is 6.58 Å². The summed E-state index contributed by atoms with van der Waals surface area (Å²) < 4.78 is 41.8. The maximum atomic E-state index is 14.4. The highest BCUT2D eigenvalue weighted by Gasteiger charge is 2.75. The molecule has 198 valence electrons. The zero-order chi connectivity index (χ0) is 26.8. The molecule has 0 aromatic heterocycles. The number of aryl methyl sites for hydroxylation is 1. The van der Waals surface area contributed by atoms with Gasteiger partial charge in [-0.05, 0) is 95.2 Å². The fourth-order valence-electron chi connectivity index (χ4n) is 6.93. The summed E-state index contributed by atoms with van der Waals surface area (Å²) in [7, 11) is -2.34. The molecule has 8 heteroatoms. The van der Waals surface area contributed by atoms with Crippen LogP contribution in [0.5, 0.6) is 5.75 Å². The topological polar surface area (TPSA) is 76.2 Å². The SMILES string of the molecule is C=C[C@H]1CCC[C@@]23N(C(=O)OC(C)(C)C)c4ccc(OC)cc4[C@@]12CCN3S(=O)(=O)c1ccc(C)cc1. The van der Waals surface area contributed by atoms with E-state index < -0.39 is 32.8 Å². The van der Waals surface area contributed by atoms with Gasteiger partial charge in [-0.3, -0.25) is 4.90 Å². The van der Waals surface area contributed by atoms with Crippen LogP contribution in [0.25, 0.3) is 0 Å². The van der Waals surface area contributed by atoms with E-state index in [4.69, 9.17) is 9.47 Å². The van der Waals surface area contributed by atoms with Crippen LogP contribution in [0, 0.1) is 12.8 Å². The van der Waals surface area contributed by atoms with E-state index >= 15 is 0 Å². The third-order valence-electron chi connectivity index (χ3n) is 8.27. The van der Waals surface area contributed by atoms with Crippen molar-refractivity contribution in [2.24, 2.45) is 5.92 Å². The number of carbonyl (C=O) groups is 1. The van der Waals surface area contributed by atoms with Crippen molar-refractivity contribution in [3.63, 3.8) is 0 Å². The Morgan fingerprint density at radius 2 is 1.84 bits per heavy atom. The number of ether oxygens (including phenoxy) is 2. The number of methoxy groups -OCH3 is 1. The number of benzene rings is 2. The molecule has 2 aromatic carbocycles. The van der Waals surface area contributed by atoms with Crippen molar-refractivity contribution in [2.75, 3.05) is 18.6 Å². The molecule has 0 radical (unpaired) electrons. The Bertz CT molecular complexity index is 1350. The summed E-state index contributed by atoms with van der Waals surface area (Å²) in [6.45, 7) is 11.8. The van der Waals surface area contributed by atoms with E-state index in [2.05, 4.69) is 6.58 Å². The smallest absolute Gasteiger partial charge is 0.416 e. The highest BCUT2D eigenvalue weighted by molar-refractivity contribution is 7.89. The lowest BCUT2D eigenvalue weighted by atomic mass is 9.58. The first-order chi connectivity index (χ1) is 17.4. The average molecular weight is 525 g/mol. The molecule has 0 unspecified atom stereocenters. The van der Waals surface area contributed by atoms with E-state index in [0.29, 0.717) is 24.3 Å². The second-order valence-electron chi connectivity index (χ2n) is 11.4. The standard InChI is InChI=1S/C29H36N2O5S/c1-7-21-9-8-16-29-28(21,17-18-30(29)37(33,34)23-13-10-20(2)11-14-23)24-19-22(35-6)12-15-25(24)31(29)26(32)36-27(3,4)5/h7,10-15,19,21H,1,8-9,16-18H2,2-6H3/t21-,28+,29+/m0/s1. The quantitative estimate of drug-likeness (QED) is 0.475. The zero-order valence-corrected chi connectivity index (χ0v) is 23.1. The Morgan fingerprint density at radius 3 is 2.46 bits per heavy atom. The third kappa shape index (κ3) is 3.56. The first kappa shape index (κ1) is 25.8. The number of hydrogen-bond acceptors (Lipinski definition) is 5. The Labute approximate surface area is 220 Å². The van der Waals surface area contributed by atoms with E-state index in [1.807, 2.05) is 52.0 Å². The molecule has 1 amide bonds. The molecule has 2 aromatic rings. The van der Waals surface area contributed by atoms with Gasteiger partial charge in [-0.25, -0.2) is 13.2 Å². The van der Waals surface area contributed by atoms with Crippen molar-refractivity contribution >= 4 is 21.8 Å². The first-order valence-corrected chi connectivity index (χ1v) is 14.3. The van der Waals surface area contributed by atoms with E-state index in [1.165, 1.54) is 0 Å². The molecule has 3 atom stereocenters. The van der Waals surface area contributed by atoms with Gasteiger partial charge in [0.15, 0.2) is 0 Å². The maximum absolute atomic E-state index is 14.4. The molecular formula is C29H36N2O5S. The van der Waals surface area contributed by atoms with E-state index in [1.54, 1.807) is 40.6 Å². The van der Waals surface area contributed by atoms with Gasteiger partial charge in [0.2, 0.25) is 10.0 Å². The Kier molecular flexibility index (Phi) is 5.99. The number of carbonyl (C=O) groups excluding carboxylic acids is 1. The van der Waals surface area contributed by atoms with Crippen LogP contribution in [0.3, 0.4) is 0 Å². The molecule has 0 spiro atoms. The van der Waals surface area contributed by atoms with Crippen molar-refractivity contribution < 1.29 is 22.7 Å². The molecule has 0 bridgehead atoms. The Balaban J connectivity index is 1.80. The summed E-state index contributed by atoms with van der Waals surface area (Å²) in [5.41, 5.74) is -0.0159.